The zero-order valence-corrected chi connectivity index (χ0v) is 15.0. The van der Waals surface area contributed by atoms with Gasteiger partial charge in [0.05, 0.1) is 0 Å². The first-order valence-electron chi connectivity index (χ1n) is 9.44. The first-order valence-corrected chi connectivity index (χ1v) is 9.44. The number of nitrogens with zero attached hydrogens (tertiary/aromatic N) is 5. The first kappa shape index (κ1) is 16.9. The second-order valence-corrected chi connectivity index (χ2v) is 7.14. The van der Waals surface area contributed by atoms with Crippen molar-refractivity contribution in [3.63, 3.8) is 0 Å². The summed E-state index contributed by atoms with van der Waals surface area (Å²) >= 11 is 0. The summed E-state index contributed by atoms with van der Waals surface area (Å²) in [5, 5.41) is 15.2. The molecular weight excluding hydrogens is 332 g/mol. The molecule has 138 valence electrons. The maximum Gasteiger partial charge on any atom is 0.272 e. The SMILES string of the molecule is CC(NC(=O)c1ccc(N2CCCC2)nn1)c1nc(C2CCCC2)no1. The van der Waals surface area contributed by atoms with Crippen LogP contribution in [0.25, 0.3) is 0 Å². The summed E-state index contributed by atoms with van der Waals surface area (Å²) in [5.41, 5.74) is 0.287. The third-order valence-corrected chi connectivity index (χ3v) is 5.21. The van der Waals surface area contributed by atoms with Crippen molar-refractivity contribution in [2.75, 3.05) is 18.0 Å². The minimum atomic E-state index is -0.370. The summed E-state index contributed by atoms with van der Waals surface area (Å²) in [4.78, 5) is 19.1. The van der Waals surface area contributed by atoms with Crippen molar-refractivity contribution in [3.8, 4) is 0 Å². The molecule has 26 heavy (non-hydrogen) atoms. The van der Waals surface area contributed by atoms with Crippen LogP contribution in [0.15, 0.2) is 16.7 Å². The van der Waals surface area contributed by atoms with Gasteiger partial charge in [-0.25, -0.2) is 0 Å². The molecule has 1 N–H and O–H groups in total. The summed E-state index contributed by atoms with van der Waals surface area (Å²) in [6.45, 7) is 3.82. The normalized spacial score (nSPS) is 19.0. The van der Waals surface area contributed by atoms with Gasteiger partial charge in [-0.3, -0.25) is 4.79 Å². The molecule has 8 nitrogen and oxygen atoms in total. The van der Waals surface area contributed by atoms with Crippen LogP contribution >= 0.6 is 0 Å². The number of amides is 1. The lowest BCUT2D eigenvalue weighted by atomic mass is 10.1. The summed E-state index contributed by atoms with van der Waals surface area (Å²) < 4.78 is 5.34. The van der Waals surface area contributed by atoms with Gasteiger partial charge in [-0.2, -0.15) is 4.98 Å². The highest BCUT2D eigenvalue weighted by Gasteiger charge is 2.25. The fraction of sp³-hybridized carbons (Fsp3) is 0.611. The smallest absolute Gasteiger partial charge is 0.272 e. The number of rotatable bonds is 5. The van der Waals surface area contributed by atoms with E-state index in [1.54, 1.807) is 6.07 Å². The molecule has 8 heteroatoms. The Bertz CT molecular complexity index is 747. The topological polar surface area (TPSA) is 97.0 Å². The van der Waals surface area contributed by atoms with E-state index in [0.717, 1.165) is 37.6 Å². The Kier molecular flexibility index (Phi) is 4.81. The Morgan fingerprint density at radius 3 is 2.65 bits per heavy atom. The van der Waals surface area contributed by atoms with Crippen LogP contribution in [-0.4, -0.2) is 39.3 Å². The Balaban J connectivity index is 1.37. The van der Waals surface area contributed by atoms with Gasteiger partial charge >= 0.3 is 0 Å². The molecule has 1 atom stereocenters. The molecule has 4 rings (SSSR count). The van der Waals surface area contributed by atoms with Gasteiger partial charge in [-0.15, -0.1) is 10.2 Å². The van der Waals surface area contributed by atoms with Crippen molar-refractivity contribution in [1.29, 1.82) is 0 Å². The van der Waals surface area contributed by atoms with E-state index in [1.807, 2.05) is 13.0 Å². The highest BCUT2D eigenvalue weighted by Crippen LogP contribution is 2.32. The minimum Gasteiger partial charge on any atom is -0.355 e. The van der Waals surface area contributed by atoms with Crippen molar-refractivity contribution in [3.05, 3.63) is 29.5 Å². The molecule has 0 bridgehead atoms. The number of aromatic nitrogens is 4. The van der Waals surface area contributed by atoms with Crippen molar-refractivity contribution < 1.29 is 9.32 Å². The van der Waals surface area contributed by atoms with Crippen LogP contribution in [0.4, 0.5) is 5.82 Å². The standard InChI is InChI=1S/C18H24N6O2/c1-12(18-20-16(23-26-18)13-6-2-3-7-13)19-17(25)14-8-9-15(22-21-14)24-10-4-5-11-24/h8-9,12-13H,2-7,10-11H2,1H3,(H,19,25). The molecule has 1 saturated carbocycles. The van der Waals surface area contributed by atoms with Crippen LogP contribution in [0.3, 0.4) is 0 Å². The van der Waals surface area contributed by atoms with E-state index >= 15 is 0 Å². The zero-order valence-electron chi connectivity index (χ0n) is 15.0. The Morgan fingerprint density at radius 1 is 1.19 bits per heavy atom. The third kappa shape index (κ3) is 3.54. The molecule has 0 spiro atoms. The lowest BCUT2D eigenvalue weighted by Crippen LogP contribution is -2.28. The molecule has 1 unspecified atom stereocenters. The molecular formula is C18H24N6O2. The van der Waals surface area contributed by atoms with Gasteiger partial charge in [0.2, 0.25) is 5.89 Å². The van der Waals surface area contributed by atoms with Crippen molar-refractivity contribution >= 4 is 11.7 Å². The zero-order chi connectivity index (χ0) is 17.9. The lowest BCUT2D eigenvalue weighted by molar-refractivity contribution is 0.0926. The summed E-state index contributed by atoms with van der Waals surface area (Å²) in [7, 11) is 0. The van der Waals surface area contributed by atoms with Crippen LogP contribution in [0, 0.1) is 0 Å². The molecule has 1 aliphatic carbocycles. The molecule has 1 amide bonds. The third-order valence-electron chi connectivity index (χ3n) is 5.21. The van der Waals surface area contributed by atoms with Crippen LogP contribution in [0.5, 0.6) is 0 Å². The fourth-order valence-corrected chi connectivity index (χ4v) is 3.67. The molecule has 0 aromatic carbocycles. The van der Waals surface area contributed by atoms with Crippen LogP contribution in [-0.2, 0) is 0 Å². The van der Waals surface area contributed by atoms with E-state index in [1.165, 1.54) is 25.7 Å². The summed E-state index contributed by atoms with van der Waals surface area (Å²) in [5.74, 6) is 2.11. The minimum absolute atomic E-state index is 0.287. The van der Waals surface area contributed by atoms with E-state index in [0.29, 0.717) is 11.8 Å². The quantitative estimate of drug-likeness (QED) is 0.879. The Labute approximate surface area is 152 Å². The Morgan fingerprint density at radius 2 is 1.96 bits per heavy atom. The molecule has 2 aromatic rings. The number of carbonyl (C=O) groups excluding carboxylic acids is 1. The predicted molar refractivity (Wildman–Crippen MR) is 94.9 cm³/mol. The summed E-state index contributed by atoms with van der Waals surface area (Å²) in [6, 6.07) is 3.19. The molecule has 2 aromatic heterocycles. The van der Waals surface area contributed by atoms with E-state index in [4.69, 9.17) is 4.52 Å². The monoisotopic (exact) mass is 356 g/mol. The first-order chi connectivity index (χ1) is 12.7. The summed E-state index contributed by atoms with van der Waals surface area (Å²) in [6.07, 6.45) is 7.00. The number of hydrogen-bond donors (Lipinski definition) is 1. The highest BCUT2D eigenvalue weighted by atomic mass is 16.5. The number of hydrogen-bond acceptors (Lipinski definition) is 7. The van der Waals surface area contributed by atoms with Crippen LogP contribution in [0.1, 0.15) is 79.6 Å². The van der Waals surface area contributed by atoms with E-state index in [9.17, 15) is 4.79 Å². The fourth-order valence-electron chi connectivity index (χ4n) is 3.67. The van der Waals surface area contributed by atoms with Crippen molar-refractivity contribution in [2.24, 2.45) is 0 Å². The molecule has 1 aliphatic heterocycles. The maximum atomic E-state index is 12.4. The average Bonchev–Trinajstić information content (AvgIpc) is 3.43. The number of nitrogens with one attached hydrogen (secondary N) is 1. The molecule has 1 saturated heterocycles. The van der Waals surface area contributed by atoms with Gasteiger partial charge in [-0.1, -0.05) is 18.0 Å². The maximum absolute atomic E-state index is 12.4. The van der Waals surface area contributed by atoms with Gasteiger partial charge in [-0.05, 0) is 44.7 Å². The average molecular weight is 356 g/mol. The van der Waals surface area contributed by atoms with Gasteiger partial charge in [0.15, 0.2) is 17.3 Å². The largest absolute Gasteiger partial charge is 0.355 e. The number of carbonyl (C=O) groups is 1. The van der Waals surface area contributed by atoms with Crippen LogP contribution < -0.4 is 10.2 Å². The van der Waals surface area contributed by atoms with Gasteiger partial charge in [0.1, 0.15) is 6.04 Å². The van der Waals surface area contributed by atoms with Crippen molar-refractivity contribution in [2.45, 2.75) is 57.4 Å². The molecule has 3 heterocycles. The highest BCUT2D eigenvalue weighted by molar-refractivity contribution is 5.92. The lowest BCUT2D eigenvalue weighted by Gasteiger charge is -2.15. The molecule has 2 aliphatic rings. The van der Waals surface area contributed by atoms with E-state index in [2.05, 4.69) is 30.6 Å². The van der Waals surface area contributed by atoms with E-state index in [-0.39, 0.29) is 17.6 Å². The molecule has 2 fully saturated rings. The number of anilines is 1. The Hall–Kier alpha value is -2.51. The van der Waals surface area contributed by atoms with Gasteiger partial charge in [0.25, 0.3) is 5.91 Å². The second kappa shape index (κ2) is 7.39. The van der Waals surface area contributed by atoms with E-state index < -0.39 is 0 Å². The van der Waals surface area contributed by atoms with Gasteiger partial charge < -0.3 is 14.7 Å². The molecule has 0 radical (unpaired) electrons. The predicted octanol–water partition coefficient (Wildman–Crippen LogP) is 2.61. The van der Waals surface area contributed by atoms with Crippen molar-refractivity contribution in [1.82, 2.24) is 25.7 Å². The van der Waals surface area contributed by atoms with Gasteiger partial charge in [0, 0.05) is 19.0 Å². The second-order valence-electron chi connectivity index (χ2n) is 7.14. The van der Waals surface area contributed by atoms with Crippen LogP contribution in [0.2, 0.25) is 0 Å².